The van der Waals surface area contributed by atoms with Crippen LogP contribution in [0.2, 0.25) is 0 Å². The Hall–Kier alpha value is -2.69. The van der Waals surface area contributed by atoms with Gasteiger partial charge in [-0.2, -0.15) is 0 Å². The number of fused-ring (bicyclic) bond motifs is 3. The summed E-state index contributed by atoms with van der Waals surface area (Å²) in [5.41, 5.74) is 3.35. The molecule has 0 aliphatic carbocycles. The first-order chi connectivity index (χ1) is 10.8. The number of aromatic nitrogens is 2. The lowest BCUT2D eigenvalue weighted by Crippen LogP contribution is -2.22. The SMILES string of the molecule is O=C1N[C@H](Cc2ccc(CF)cc2)c2nc3ccccc3n21. The number of amides is 1. The first-order valence-corrected chi connectivity index (χ1v) is 7.18. The molecule has 4 nitrogen and oxygen atoms in total. The Bertz CT molecular complexity index is 854. The molecule has 4 rings (SSSR count). The lowest BCUT2D eigenvalue weighted by atomic mass is 10.0. The number of imidazole rings is 1. The van der Waals surface area contributed by atoms with Gasteiger partial charge in [-0.1, -0.05) is 36.4 Å². The van der Waals surface area contributed by atoms with Crippen molar-refractivity contribution in [2.45, 2.75) is 19.1 Å². The fourth-order valence-electron chi connectivity index (χ4n) is 2.91. The maximum Gasteiger partial charge on any atom is 0.328 e. The highest BCUT2D eigenvalue weighted by molar-refractivity contribution is 5.92. The zero-order valence-electron chi connectivity index (χ0n) is 11.8. The van der Waals surface area contributed by atoms with E-state index in [-0.39, 0.29) is 12.1 Å². The van der Waals surface area contributed by atoms with Crippen LogP contribution in [0.5, 0.6) is 0 Å². The van der Waals surface area contributed by atoms with Crippen molar-refractivity contribution in [1.29, 1.82) is 0 Å². The van der Waals surface area contributed by atoms with E-state index in [2.05, 4.69) is 10.3 Å². The van der Waals surface area contributed by atoms with Crippen molar-refractivity contribution in [2.24, 2.45) is 0 Å². The van der Waals surface area contributed by atoms with E-state index in [9.17, 15) is 9.18 Å². The fraction of sp³-hybridized carbons (Fsp3) is 0.176. The lowest BCUT2D eigenvalue weighted by molar-refractivity contribution is 0.245. The van der Waals surface area contributed by atoms with Gasteiger partial charge in [-0.05, 0) is 29.7 Å². The van der Waals surface area contributed by atoms with Crippen LogP contribution < -0.4 is 5.32 Å². The molecule has 0 saturated carbocycles. The van der Waals surface area contributed by atoms with Gasteiger partial charge in [-0.3, -0.25) is 0 Å². The Labute approximate surface area is 126 Å². The average Bonchev–Trinajstić information content (AvgIpc) is 3.07. The number of carbonyl (C=O) groups excluding carboxylic acids is 1. The lowest BCUT2D eigenvalue weighted by Gasteiger charge is -2.09. The number of nitrogens with one attached hydrogen (secondary N) is 1. The van der Waals surface area contributed by atoms with E-state index in [0.717, 1.165) is 22.4 Å². The van der Waals surface area contributed by atoms with Crippen molar-refractivity contribution in [3.63, 3.8) is 0 Å². The minimum atomic E-state index is -0.462. The second-order valence-corrected chi connectivity index (χ2v) is 5.45. The fourth-order valence-corrected chi connectivity index (χ4v) is 2.91. The van der Waals surface area contributed by atoms with Crippen LogP contribution in [0.15, 0.2) is 48.5 Å². The zero-order chi connectivity index (χ0) is 15.1. The van der Waals surface area contributed by atoms with Gasteiger partial charge in [0.1, 0.15) is 12.5 Å². The zero-order valence-corrected chi connectivity index (χ0v) is 11.8. The van der Waals surface area contributed by atoms with E-state index >= 15 is 0 Å². The van der Waals surface area contributed by atoms with Crippen LogP contribution in [0.25, 0.3) is 11.0 Å². The molecule has 1 amide bonds. The molecule has 0 fully saturated rings. The van der Waals surface area contributed by atoms with Crippen molar-refractivity contribution in [3.8, 4) is 0 Å². The van der Waals surface area contributed by atoms with E-state index < -0.39 is 6.67 Å². The minimum absolute atomic E-state index is 0.144. The summed E-state index contributed by atoms with van der Waals surface area (Å²) in [5, 5.41) is 2.96. The number of hydrogen-bond acceptors (Lipinski definition) is 2. The number of rotatable bonds is 3. The number of hydrogen-bond donors (Lipinski definition) is 1. The second kappa shape index (κ2) is 4.94. The summed E-state index contributed by atoms with van der Waals surface area (Å²) in [6.07, 6.45) is 0.641. The largest absolute Gasteiger partial charge is 0.328 e. The standard InChI is InChI=1S/C17H14FN3O/c18-10-12-7-5-11(6-8-12)9-14-16-19-13-3-1-2-4-15(13)21(16)17(22)20-14/h1-8,14H,9-10H2,(H,20,22)/t14-/m1/s1. The third-order valence-corrected chi connectivity index (χ3v) is 4.02. The Morgan fingerprint density at radius 2 is 1.82 bits per heavy atom. The Morgan fingerprint density at radius 1 is 1.09 bits per heavy atom. The first kappa shape index (κ1) is 13.0. The van der Waals surface area contributed by atoms with Gasteiger partial charge in [-0.25, -0.2) is 18.7 Å². The predicted molar refractivity (Wildman–Crippen MR) is 81.4 cm³/mol. The molecule has 5 heteroatoms. The molecule has 0 spiro atoms. The summed E-state index contributed by atoms with van der Waals surface area (Å²) in [4.78, 5) is 16.8. The summed E-state index contributed by atoms with van der Waals surface area (Å²) in [5.74, 6) is 0.737. The average molecular weight is 295 g/mol. The topological polar surface area (TPSA) is 46.9 Å². The monoisotopic (exact) mass is 295 g/mol. The molecular weight excluding hydrogens is 281 g/mol. The molecule has 110 valence electrons. The summed E-state index contributed by atoms with van der Waals surface area (Å²) < 4.78 is 14.2. The highest BCUT2D eigenvalue weighted by Gasteiger charge is 2.31. The predicted octanol–water partition coefficient (Wildman–Crippen LogP) is 3.36. The Balaban J connectivity index is 1.69. The van der Waals surface area contributed by atoms with Crippen LogP contribution in [0.4, 0.5) is 9.18 Å². The van der Waals surface area contributed by atoms with E-state index in [1.54, 1.807) is 16.7 Å². The molecule has 1 aromatic heterocycles. The first-order valence-electron chi connectivity index (χ1n) is 7.18. The van der Waals surface area contributed by atoms with Gasteiger partial charge in [0, 0.05) is 0 Å². The van der Waals surface area contributed by atoms with Gasteiger partial charge in [-0.15, -0.1) is 0 Å². The summed E-state index contributed by atoms with van der Waals surface area (Å²) in [6.45, 7) is -0.462. The van der Waals surface area contributed by atoms with Gasteiger partial charge in [0.15, 0.2) is 0 Å². The quantitative estimate of drug-likeness (QED) is 0.805. The van der Waals surface area contributed by atoms with Gasteiger partial charge in [0.2, 0.25) is 0 Å². The molecule has 0 saturated heterocycles. The number of alkyl halides is 1. The molecule has 1 aliphatic rings. The molecule has 22 heavy (non-hydrogen) atoms. The van der Waals surface area contributed by atoms with Crippen molar-refractivity contribution in [2.75, 3.05) is 0 Å². The molecule has 1 aliphatic heterocycles. The van der Waals surface area contributed by atoms with Gasteiger partial charge >= 0.3 is 6.03 Å². The molecule has 0 unspecified atom stereocenters. The number of para-hydroxylation sites is 2. The normalized spacial score (nSPS) is 16.8. The second-order valence-electron chi connectivity index (χ2n) is 5.45. The minimum Gasteiger partial charge on any atom is -0.327 e. The highest BCUT2D eigenvalue weighted by atomic mass is 19.1. The molecule has 1 N–H and O–H groups in total. The maximum absolute atomic E-state index is 12.6. The van der Waals surface area contributed by atoms with Crippen LogP contribution in [-0.2, 0) is 13.1 Å². The smallest absolute Gasteiger partial charge is 0.327 e. The van der Waals surface area contributed by atoms with Crippen LogP contribution in [0, 0.1) is 0 Å². The number of carbonyl (C=O) groups is 1. The number of nitrogens with zero attached hydrogens (tertiary/aromatic N) is 2. The Morgan fingerprint density at radius 3 is 2.59 bits per heavy atom. The van der Waals surface area contributed by atoms with Gasteiger partial charge in [0.05, 0.1) is 17.1 Å². The van der Waals surface area contributed by atoms with Crippen molar-refractivity contribution in [1.82, 2.24) is 14.9 Å². The van der Waals surface area contributed by atoms with E-state index in [1.165, 1.54) is 0 Å². The van der Waals surface area contributed by atoms with E-state index in [0.29, 0.717) is 12.0 Å². The van der Waals surface area contributed by atoms with Crippen LogP contribution >= 0.6 is 0 Å². The van der Waals surface area contributed by atoms with Crippen LogP contribution in [0.3, 0.4) is 0 Å². The van der Waals surface area contributed by atoms with Crippen molar-refractivity contribution >= 4 is 17.1 Å². The summed E-state index contributed by atoms with van der Waals surface area (Å²) in [7, 11) is 0. The molecule has 2 aromatic carbocycles. The molecule has 0 radical (unpaired) electrons. The molecule has 1 atom stereocenters. The molecule has 0 bridgehead atoms. The third kappa shape index (κ3) is 1.97. The summed E-state index contributed by atoms with van der Waals surface area (Å²) >= 11 is 0. The van der Waals surface area contributed by atoms with Gasteiger partial charge < -0.3 is 5.32 Å². The molecular formula is C17H14FN3O. The van der Waals surface area contributed by atoms with E-state index in [4.69, 9.17) is 0 Å². The van der Waals surface area contributed by atoms with E-state index in [1.807, 2.05) is 36.4 Å². The van der Waals surface area contributed by atoms with Crippen LogP contribution in [0.1, 0.15) is 23.0 Å². The van der Waals surface area contributed by atoms with Crippen molar-refractivity contribution < 1.29 is 9.18 Å². The molecule has 3 aromatic rings. The number of benzene rings is 2. The third-order valence-electron chi connectivity index (χ3n) is 4.02. The highest BCUT2D eigenvalue weighted by Crippen LogP contribution is 2.28. The Kier molecular flexibility index (Phi) is 2.92. The summed E-state index contributed by atoms with van der Waals surface area (Å²) in [6, 6.07) is 14.6. The molecule has 2 heterocycles. The maximum atomic E-state index is 12.6. The van der Waals surface area contributed by atoms with Crippen molar-refractivity contribution in [3.05, 3.63) is 65.5 Å². The number of halogens is 1. The van der Waals surface area contributed by atoms with Gasteiger partial charge in [0.25, 0.3) is 0 Å². The van der Waals surface area contributed by atoms with Crippen LogP contribution in [-0.4, -0.2) is 15.6 Å².